The summed E-state index contributed by atoms with van der Waals surface area (Å²) in [4.78, 5) is 27.9. The van der Waals surface area contributed by atoms with Crippen molar-refractivity contribution in [1.82, 2.24) is 9.55 Å². The Morgan fingerprint density at radius 1 is 1.07 bits per heavy atom. The highest BCUT2D eigenvalue weighted by molar-refractivity contribution is 9.10. The number of aromatic nitrogens is 2. The van der Waals surface area contributed by atoms with Crippen molar-refractivity contribution in [3.63, 3.8) is 0 Å². The van der Waals surface area contributed by atoms with E-state index in [0.717, 1.165) is 4.47 Å². The lowest BCUT2D eigenvalue weighted by molar-refractivity contribution is -0.402. The van der Waals surface area contributed by atoms with Crippen molar-refractivity contribution in [2.45, 2.75) is 0 Å². The van der Waals surface area contributed by atoms with Gasteiger partial charge in [0.2, 0.25) is 0 Å². The molecule has 0 N–H and O–H groups in total. The molecule has 0 unspecified atom stereocenters. The highest BCUT2D eigenvalue weighted by atomic mass is 79.9. The van der Waals surface area contributed by atoms with Crippen LogP contribution in [0.4, 0.5) is 5.88 Å². The molecule has 4 rings (SSSR count). The fourth-order valence-corrected chi connectivity index (χ4v) is 3.16. The number of fused-ring (bicyclic) bond motifs is 1. The third-order valence-corrected chi connectivity index (χ3v) is 4.55. The molecule has 0 fully saturated rings. The van der Waals surface area contributed by atoms with Crippen LogP contribution in [-0.4, -0.2) is 14.5 Å². The van der Waals surface area contributed by atoms with Gasteiger partial charge >= 0.3 is 5.88 Å². The Morgan fingerprint density at radius 3 is 2.57 bits per heavy atom. The summed E-state index contributed by atoms with van der Waals surface area (Å²) in [6.07, 6.45) is 3.14. The van der Waals surface area contributed by atoms with Gasteiger partial charge in [0.25, 0.3) is 5.56 Å². The maximum atomic E-state index is 13.2. The Labute approximate surface area is 166 Å². The Morgan fingerprint density at radius 2 is 1.86 bits per heavy atom. The standard InChI is InChI=1S/C20H12BrN3O4/c21-13-6-9-17-16(12-13)20(25)23(14-4-2-1-3-5-14)18(22-17)10-7-15-8-11-19(28-15)24(26)27/h1-12H. The van der Waals surface area contributed by atoms with E-state index in [1.165, 1.54) is 16.7 Å². The van der Waals surface area contributed by atoms with E-state index in [4.69, 9.17) is 4.42 Å². The van der Waals surface area contributed by atoms with Gasteiger partial charge in [-0.1, -0.05) is 34.1 Å². The van der Waals surface area contributed by atoms with E-state index in [2.05, 4.69) is 20.9 Å². The maximum absolute atomic E-state index is 13.2. The number of hydrogen-bond acceptors (Lipinski definition) is 5. The van der Waals surface area contributed by atoms with E-state index >= 15 is 0 Å². The summed E-state index contributed by atoms with van der Waals surface area (Å²) >= 11 is 3.38. The minimum absolute atomic E-state index is 0.220. The zero-order valence-corrected chi connectivity index (χ0v) is 15.9. The number of hydrogen-bond donors (Lipinski definition) is 0. The average Bonchev–Trinajstić information content (AvgIpc) is 3.17. The summed E-state index contributed by atoms with van der Waals surface area (Å²) in [5, 5.41) is 11.2. The van der Waals surface area contributed by atoms with Gasteiger partial charge in [-0.15, -0.1) is 0 Å². The third-order valence-electron chi connectivity index (χ3n) is 4.06. The van der Waals surface area contributed by atoms with Crippen LogP contribution < -0.4 is 5.56 Å². The predicted molar refractivity (Wildman–Crippen MR) is 109 cm³/mol. The molecule has 0 radical (unpaired) electrons. The van der Waals surface area contributed by atoms with Gasteiger partial charge in [0.05, 0.1) is 22.7 Å². The molecule has 0 aliphatic heterocycles. The maximum Gasteiger partial charge on any atom is 0.433 e. The molecule has 0 aliphatic carbocycles. The van der Waals surface area contributed by atoms with Crippen LogP contribution in [0.3, 0.4) is 0 Å². The van der Waals surface area contributed by atoms with Crippen molar-refractivity contribution in [2.24, 2.45) is 0 Å². The Hall–Kier alpha value is -3.52. The Kier molecular flexibility index (Phi) is 4.62. The molecule has 0 amide bonds. The van der Waals surface area contributed by atoms with Crippen molar-refractivity contribution in [2.75, 3.05) is 0 Å². The highest BCUT2D eigenvalue weighted by Crippen LogP contribution is 2.20. The van der Waals surface area contributed by atoms with Crippen molar-refractivity contribution < 1.29 is 9.34 Å². The highest BCUT2D eigenvalue weighted by Gasteiger charge is 2.13. The lowest BCUT2D eigenvalue weighted by Gasteiger charge is -2.11. The Balaban J connectivity index is 1.90. The van der Waals surface area contributed by atoms with Gasteiger partial charge in [-0.05, 0) is 48.6 Å². The zero-order chi connectivity index (χ0) is 19.7. The number of para-hydroxylation sites is 1. The fraction of sp³-hybridized carbons (Fsp3) is 0. The molecule has 0 spiro atoms. The van der Waals surface area contributed by atoms with Crippen LogP contribution in [0.5, 0.6) is 0 Å². The first-order chi connectivity index (χ1) is 13.5. The molecular weight excluding hydrogens is 426 g/mol. The van der Waals surface area contributed by atoms with Crippen LogP contribution in [-0.2, 0) is 0 Å². The molecule has 138 valence electrons. The summed E-state index contributed by atoms with van der Waals surface area (Å²) in [6, 6.07) is 17.2. The van der Waals surface area contributed by atoms with E-state index < -0.39 is 4.92 Å². The van der Waals surface area contributed by atoms with Gasteiger partial charge in [-0.2, -0.15) is 0 Å². The first kappa shape index (κ1) is 17.9. The molecule has 8 heteroatoms. The molecule has 0 atom stereocenters. The van der Waals surface area contributed by atoms with Crippen LogP contribution in [0.15, 0.2) is 74.3 Å². The second-order valence-electron chi connectivity index (χ2n) is 5.87. The summed E-state index contributed by atoms with van der Waals surface area (Å²) in [7, 11) is 0. The molecular formula is C20H12BrN3O4. The number of furan rings is 1. The minimum Gasteiger partial charge on any atom is -0.401 e. The smallest absolute Gasteiger partial charge is 0.401 e. The molecule has 7 nitrogen and oxygen atoms in total. The normalized spacial score (nSPS) is 11.3. The van der Waals surface area contributed by atoms with E-state index in [0.29, 0.717) is 22.4 Å². The second-order valence-corrected chi connectivity index (χ2v) is 6.79. The SMILES string of the molecule is O=c1c2cc(Br)ccc2nc(C=Cc2ccc([N+](=O)[O-])o2)n1-c1ccccc1. The van der Waals surface area contributed by atoms with Crippen LogP contribution in [0.25, 0.3) is 28.7 Å². The van der Waals surface area contributed by atoms with E-state index in [-0.39, 0.29) is 17.2 Å². The molecule has 2 aromatic heterocycles. The molecule has 0 bridgehead atoms. The quantitative estimate of drug-likeness (QED) is 0.337. The number of nitrogens with zero attached hydrogens (tertiary/aromatic N) is 3. The summed E-state index contributed by atoms with van der Waals surface area (Å²) in [5.74, 6) is 0.318. The number of halogens is 1. The average molecular weight is 438 g/mol. The second kappa shape index (κ2) is 7.24. The van der Waals surface area contributed by atoms with E-state index in [1.54, 1.807) is 24.3 Å². The summed E-state index contributed by atoms with van der Waals surface area (Å²) in [5.41, 5.74) is 0.986. The van der Waals surface area contributed by atoms with Gasteiger partial charge in [0.1, 0.15) is 16.5 Å². The van der Waals surface area contributed by atoms with Crippen LogP contribution in [0.1, 0.15) is 11.6 Å². The first-order valence-electron chi connectivity index (χ1n) is 8.23. The molecule has 4 aromatic rings. The van der Waals surface area contributed by atoms with E-state index in [9.17, 15) is 14.9 Å². The minimum atomic E-state index is -0.608. The van der Waals surface area contributed by atoms with Crippen LogP contribution in [0, 0.1) is 10.1 Å². The predicted octanol–water partition coefficient (Wildman–Crippen LogP) is 4.82. The van der Waals surface area contributed by atoms with Gasteiger partial charge in [-0.25, -0.2) is 4.98 Å². The van der Waals surface area contributed by atoms with Crippen molar-refractivity contribution in [1.29, 1.82) is 0 Å². The van der Waals surface area contributed by atoms with Gasteiger partial charge in [0.15, 0.2) is 0 Å². The molecule has 0 saturated heterocycles. The summed E-state index contributed by atoms with van der Waals surface area (Å²) < 4.78 is 7.41. The lowest BCUT2D eigenvalue weighted by atomic mass is 10.2. The first-order valence-corrected chi connectivity index (χ1v) is 9.02. The largest absolute Gasteiger partial charge is 0.433 e. The molecule has 28 heavy (non-hydrogen) atoms. The monoisotopic (exact) mass is 437 g/mol. The van der Waals surface area contributed by atoms with Crippen LogP contribution >= 0.6 is 15.9 Å². The third kappa shape index (κ3) is 3.37. The molecule has 2 heterocycles. The number of nitro groups is 1. The Bertz CT molecular complexity index is 1280. The number of rotatable bonds is 4. The van der Waals surface area contributed by atoms with Crippen molar-refractivity contribution >= 4 is 44.9 Å². The summed E-state index contributed by atoms with van der Waals surface area (Å²) in [6.45, 7) is 0. The molecule has 0 saturated carbocycles. The van der Waals surface area contributed by atoms with E-state index in [1.807, 2.05) is 36.4 Å². The zero-order valence-electron chi connectivity index (χ0n) is 14.3. The molecule has 2 aromatic carbocycles. The van der Waals surface area contributed by atoms with Gasteiger partial charge in [-0.3, -0.25) is 19.5 Å². The van der Waals surface area contributed by atoms with Crippen molar-refractivity contribution in [3.05, 3.63) is 97.2 Å². The van der Waals surface area contributed by atoms with Crippen LogP contribution in [0.2, 0.25) is 0 Å². The fourth-order valence-electron chi connectivity index (χ4n) is 2.80. The van der Waals surface area contributed by atoms with Crippen molar-refractivity contribution in [3.8, 4) is 5.69 Å². The van der Waals surface area contributed by atoms with Gasteiger partial charge in [0, 0.05) is 4.47 Å². The molecule has 0 aliphatic rings. The topological polar surface area (TPSA) is 91.2 Å². The number of benzene rings is 2. The lowest BCUT2D eigenvalue weighted by Crippen LogP contribution is -2.22. The van der Waals surface area contributed by atoms with Gasteiger partial charge < -0.3 is 4.42 Å².